The highest BCUT2D eigenvalue weighted by molar-refractivity contribution is 7.92. The predicted molar refractivity (Wildman–Crippen MR) is 114 cm³/mol. The molecule has 0 radical (unpaired) electrons. The van der Waals surface area contributed by atoms with Gasteiger partial charge in [0.15, 0.2) is 0 Å². The summed E-state index contributed by atoms with van der Waals surface area (Å²) in [4.78, 5) is 0.191. The summed E-state index contributed by atoms with van der Waals surface area (Å²) >= 11 is 0. The maximum Gasteiger partial charge on any atom is 0.261 e. The molecule has 5 nitrogen and oxygen atoms in total. The lowest BCUT2D eigenvalue weighted by Crippen LogP contribution is -2.13. The lowest BCUT2D eigenvalue weighted by Gasteiger charge is -2.13. The number of rotatable bonds is 4. The van der Waals surface area contributed by atoms with E-state index in [9.17, 15) is 8.42 Å². The average Bonchev–Trinajstić information content (AvgIpc) is 3.13. The molecule has 1 heterocycles. The standard InChI is InChI=1S/C23H21NO4S/c1-27-15-10-12-16(13-11-15)29(25,26)24-21-14-20-18-7-4-5-9-22(18)28-23(20)19-8-3-2-6-17(19)21/h2-3,6,8,10-14,24H,4-5,7,9H2,1H3. The molecule has 29 heavy (non-hydrogen) atoms. The van der Waals surface area contributed by atoms with Gasteiger partial charge in [-0.15, -0.1) is 0 Å². The molecule has 0 fully saturated rings. The highest BCUT2D eigenvalue weighted by Crippen LogP contribution is 2.39. The van der Waals surface area contributed by atoms with Gasteiger partial charge >= 0.3 is 0 Å². The third-order valence-corrected chi connectivity index (χ3v) is 6.96. The van der Waals surface area contributed by atoms with Crippen LogP contribution in [0.5, 0.6) is 5.75 Å². The van der Waals surface area contributed by atoms with Crippen LogP contribution in [0.15, 0.2) is 63.9 Å². The Bertz CT molecular complexity index is 1320. The Balaban J connectivity index is 1.67. The monoisotopic (exact) mass is 407 g/mol. The van der Waals surface area contributed by atoms with Gasteiger partial charge in [-0.25, -0.2) is 8.42 Å². The number of sulfonamides is 1. The molecule has 0 atom stereocenters. The zero-order valence-electron chi connectivity index (χ0n) is 16.1. The highest BCUT2D eigenvalue weighted by Gasteiger charge is 2.22. The van der Waals surface area contributed by atoms with Gasteiger partial charge in [-0.1, -0.05) is 24.3 Å². The second-order valence-electron chi connectivity index (χ2n) is 7.34. The van der Waals surface area contributed by atoms with Crippen molar-refractivity contribution in [1.29, 1.82) is 0 Å². The molecule has 1 aromatic heterocycles. The van der Waals surface area contributed by atoms with Gasteiger partial charge in [-0.2, -0.15) is 0 Å². The summed E-state index contributed by atoms with van der Waals surface area (Å²) in [7, 11) is -2.19. The van der Waals surface area contributed by atoms with E-state index in [2.05, 4.69) is 4.72 Å². The van der Waals surface area contributed by atoms with Gasteiger partial charge in [0.2, 0.25) is 0 Å². The van der Waals surface area contributed by atoms with Crippen molar-refractivity contribution in [3.8, 4) is 5.75 Å². The minimum Gasteiger partial charge on any atom is -0.497 e. The number of hydrogen-bond acceptors (Lipinski definition) is 4. The summed E-state index contributed by atoms with van der Waals surface area (Å²) < 4.78 is 40.2. The Morgan fingerprint density at radius 1 is 0.931 bits per heavy atom. The number of methoxy groups -OCH3 is 1. The summed E-state index contributed by atoms with van der Waals surface area (Å²) in [6, 6.07) is 16.0. The largest absolute Gasteiger partial charge is 0.497 e. The van der Waals surface area contributed by atoms with Gasteiger partial charge in [0.05, 0.1) is 17.7 Å². The topological polar surface area (TPSA) is 68.5 Å². The predicted octanol–water partition coefficient (Wildman–Crippen LogP) is 5.27. The number of benzene rings is 3. The summed E-state index contributed by atoms with van der Waals surface area (Å²) in [6.07, 6.45) is 4.15. The van der Waals surface area contributed by atoms with Crippen molar-refractivity contribution in [2.45, 2.75) is 30.6 Å². The van der Waals surface area contributed by atoms with E-state index in [-0.39, 0.29) is 4.90 Å². The quantitative estimate of drug-likeness (QED) is 0.500. The zero-order chi connectivity index (χ0) is 20.0. The van der Waals surface area contributed by atoms with E-state index in [0.717, 1.165) is 53.2 Å². The van der Waals surface area contributed by atoms with Gasteiger partial charge in [-0.05, 0) is 49.6 Å². The van der Waals surface area contributed by atoms with Crippen molar-refractivity contribution in [2.75, 3.05) is 11.8 Å². The first-order chi connectivity index (χ1) is 14.1. The number of aryl methyl sites for hydroxylation is 2. The van der Waals surface area contributed by atoms with Crippen LogP contribution in [0.25, 0.3) is 21.7 Å². The molecule has 0 amide bonds. The van der Waals surface area contributed by atoms with Gasteiger partial charge in [0, 0.05) is 28.1 Å². The average molecular weight is 407 g/mol. The molecule has 5 rings (SSSR count). The molecule has 0 aliphatic heterocycles. The van der Waals surface area contributed by atoms with Crippen molar-refractivity contribution >= 4 is 37.5 Å². The number of hydrogen-bond donors (Lipinski definition) is 1. The van der Waals surface area contributed by atoms with Crippen LogP contribution in [0.2, 0.25) is 0 Å². The van der Waals surface area contributed by atoms with Crippen molar-refractivity contribution < 1.29 is 17.6 Å². The van der Waals surface area contributed by atoms with E-state index in [1.165, 1.54) is 5.56 Å². The fraction of sp³-hybridized carbons (Fsp3) is 0.217. The van der Waals surface area contributed by atoms with E-state index < -0.39 is 10.0 Å². The van der Waals surface area contributed by atoms with Crippen LogP contribution in [0.4, 0.5) is 5.69 Å². The van der Waals surface area contributed by atoms with Crippen molar-refractivity contribution in [1.82, 2.24) is 0 Å². The molecule has 0 saturated heterocycles. The number of fused-ring (bicyclic) bond motifs is 5. The Morgan fingerprint density at radius 2 is 1.66 bits per heavy atom. The number of anilines is 1. The normalized spacial score (nSPS) is 14.1. The van der Waals surface area contributed by atoms with Crippen LogP contribution in [0.1, 0.15) is 24.2 Å². The second kappa shape index (κ2) is 6.81. The molecule has 1 aliphatic rings. The SMILES string of the molecule is COc1ccc(S(=O)(=O)Nc2cc3c4c(oc3c3ccccc23)CCCC4)cc1. The molecule has 4 aromatic rings. The highest BCUT2D eigenvalue weighted by atomic mass is 32.2. The fourth-order valence-electron chi connectivity index (χ4n) is 4.12. The molecule has 3 aromatic carbocycles. The van der Waals surface area contributed by atoms with Crippen LogP contribution in [-0.2, 0) is 22.9 Å². The molecule has 0 spiro atoms. The lowest BCUT2D eigenvalue weighted by molar-refractivity contribution is 0.414. The van der Waals surface area contributed by atoms with Gasteiger partial charge in [0.25, 0.3) is 10.0 Å². The maximum absolute atomic E-state index is 13.0. The molecular weight excluding hydrogens is 386 g/mol. The molecule has 1 N–H and O–H groups in total. The van der Waals surface area contributed by atoms with Crippen molar-refractivity contribution in [3.05, 3.63) is 65.9 Å². The Morgan fingerprint density at radius 3 is 2.41 bits per heavy atom. The van der Waals surface area contributed by atoms with Crippen molar-refractivity contribution in [3.63, 3.8) is 0 Å². The van der Waals surface area contributed by atoms with E-state index >= 15 is 0 Å². The van der Waals surface area contributed by atoms with Gasteiger partial charge in [0.1, 0.15) is 17.1 Å². The summed E-state index contributed by atoms with van der Waals surface area (Å²) in [5.41, 5.74) is 2.62. The van der Waals surface area contributed by atoms with Gasteiger partial charge < -0.3 is 9.15 Å². The minimum absolute atomic E-state index is 0.191. The van der Waals surface area contributed by atoms with E-state index in [1.54, 1.807) is 31.4 Å². The molecule has 1 aliphatic carbocycles. The molecule has 6 heteroatoms. The molecule has 148 valence electrons. The van der Waals surface area contributed by atoms with Crippen LogP contribution in [0.3, 0.4) is 0 Å². The molecule has 0 unspecified atom stereocenters. The van der Waals surface area contributed by atoms with E-state index in [4.69, 9.17) is 9.15 Å². The van der Waals surface area contributed by atoms with Crippen molar-refractivity contribution in [2.24, 2.45) is 0 Å². The Kier molecular flexibility index (Phi) is 4.24. The summed E-state index contributed by atoms with van der Waals surface area (Å²) in [5.74, 6) is 1.65. The van der Waals surface area contributed by atoms with Crippen LogP contribution in [-0.4, -0.2) is 15.5 Å². The first-order valence-corrected chi connectivity index (χ1v) is 11.2. The fourth-order valence-corrected chi connectivity index (χ4v) is 5.19. The minimum atomic E-state index is -3.74. The van der Waals surface area contributed by atoms with Crippen LogP contribution in [0, 0.1) is 0 Å². The number of furan rings is 1. The zero-order valence-corrected chi connectivity index (χ0v) is 16.9. The van der Waals surface area contributed by atoms with Gasteiger partial charge in [-0.3, -0.25) is 4.72 Å². The molecule has 0 saturated carbocycles. The molecular formula is C23H21NO4S. The smallest absolute Gasteiger partial charge is 0.261 e. The maximum atomic E-state index is 13.0. The number of ether oxygens (including phenoxy) is 1. The third kappa shape index (κ3) is 3.04. The first kappa shape index (κ1) is 18.1. The van der Waals surface area contributed by atoms with E-state index in [0.29, 0.717) is 11.4 Å². The Hall–Kier alpha value is -2.99. The first-order valence-electron chi connectivity index (χ1n) is 9.70. The Labute approximate surface area is 169 Å². The lowest BCUT2D eigenvalue weighted by atomic mass is 9.94. The summed E-state index contributed by atoms with van der Waals surface area (Å²) in [6.45, 7) is 0. The second-order valence-corrected chi connectivity index (χ2v) is 9.02. The van der Waals surface area contributed by atoms with E-state index in [1.807, 2.05) is 30.3 Å². The van der Waals surface area contributed by atoms with Crippen LogP contribution < -0.4 is 9.46 Å². The summed E-state index contributed by atoms with van der Waals surface area (Å²) in [5, 5.41) is 2.75. The van der Waals surface area contributed by atoms with Crippen LogP contribution >= 0.6 is 0 Å². The number of nitrogens with one attached hydrogen (secondary N) is 1. The molecule has 0 bridgehead atoms. The third-order valence-electron chi connectivity index (χ3n) is 5.58.